The lowest BCUT2D eigenvalue weighted by atomic mass is 10.0. The number of rotatable bonds is 3. The molecule has 0 amide bonds. The lowest BCUT2D eigenvalue weighted by Crippen LogP contribution is -2.05. The van der Waals surface area contributed by atoms with E-state index in [0.717, 1.165) is 5.69 Å². The summed E-state index contributed by atoms with van der Waals surface area (Å²) in [6.07, 6.45) is 0. The van der Waals surface area contributed by atoms with Gasteiger partial charge in [0, 0.05) is 17.6 Å². The summed E-state index contributed by atoms with van der Waals surface area (Å²) >= 11 is 0. The molecular weight excluding hydrogens is 222 g/mol. The third kappa shape index (κ3) is 1.81. The van der Waals surface area contributed by atoms with Gasteiger partial charge in [0.15, 0.2) is 0 Å². The van der Waals surface area contributed by atoms with E-state index >= 15 is 0 Å². The van der Waals surface area contributed by atoms with Crippen LogP contribution in [0.5, 0.6) is 0 Å². The Hall–Kier alpha value is -2.06. The normalized spacial score (nSPS) is 10.9. The minimum Gasteiger partial charge on any atom is -0.395 e. The summed E-state index contributed by atoms with van der Waals surface area (Å²) in [7, 11) is 0. The van der Waals surface area contributed by atoms with Crippen molar-refractivity contribution in [2.75, 3.05) is 18.5 Å². The quantitative estimate of drug-likeness (QED) is 0.684. The van der Waals surface area contributed by atoms with Crippen molar-refractivity contribution in [1.82, 2.24) is 0 Å². The topological polar surface area (TPSA) is 32.3 Å². The Bertz CT molecular complexity index is 691. The molecule has 90 valence electrons. The number of fused-ring (bicyclic) bond motifs is 3. The highest BCUT2D eigenvalue weighted by atomic mass is 16.3. The molecule has 0 aromatic heterocycles. The number of hydrogen-bond donors (Lipinski definition) is 2. The molecule has 3 aromatic rings. The number of anilines is 1. The van der Waals surface area contributed by atoms with E-state index in [9.17, 15) is 0 Å². The highest BCUT2D eigenvalue weighted by molar-refractivity contribution is 6.12. The van der Waals surface area contributed by atoms with Crippen LogP contribution in [-0.2, 0) is 0 Å². The van der Waals surface area contributed by atoms with Crippen molar-refractivity contribution >= 4 is 27.2 Å². The Morgan fingerprint density at radius 1 is 0.833 bits per heavy atom. The maximum absolute atomic E-state index is 8.95. The van der Waals surface area contributed by atoms with Crippen LogP contribution in [0.25, 0.3) is 21.5 Å². The van der Waals surface area contributed by atoms with Gasteiger partial charge in [0.2, 0.25) is 0 Å². The monoisotopic (exact) mass is 237 g/mol. The van der Waals surface area contributed by atoms with Crippen molar-refractivity contribution in [2.24, 2.45) is 0 Å². The first-order chi connectivity index (χ1) is 8.90. The standard InChI is InChI=1S/C16H15NO/c18-10-9-17-16-11-12-5-1-2-6-13(12)14-7-3-4-8-15(14)16/h1-8,11,17-18H,9-10H2. The van der Waals surface area contributed by atoms with E-state index in [1.807, 2.05) is 12.1 Å². The average Bonchev–Trinajstić information content (AvgIpc) is 2.45. The minimum atomic E-state index is 0.140. The van der Waals surface area contributed by atoms with E-state index < -0.39 is 0 Å². The molecule has 2 nitrogen and oxygen atoms in total. The molecule has 3 aromatic carbocycles. The van der Waals surface area contributed by atoms with Crippen LogP contribution < -0.4 is 5.32 Å². The van der Waals surface area contributed by atoms with E-state index in [0.29, 0.717) is 6.54 Å². The average molecular weight is 237 g/mol. The molecule has 0 unspecified atom stereocenters. The summed E-state index contributed by atoms with van der Waals surface area (Å²) in [5.41, 5.74) is 1.08. The van der Waals surface area contributed by atoms with Gasteiger partial charge in [-0.2, -0.15) is 0 Å². The molecule has 0 spiro atoms. The summed E-state index contributed by atoms with van der Waals surface area (Å²) in [6.45, 7) is 0.712. The molecule has 18 heavy (non-hydrogen) atoms. The Kier molecular flexibility index (Phi) is 2.87. The van der Waals surface area contributed by atoms with Crippen LogP contribution in [0.4, 0.5) is 5.69 Å². The van der Waals surface area contributed by atoms with Crippen LogP contribution in [0.15, 0.2) is 54.6 Å². The molecule has 0 fully saturated rings. The van der Waals surface area contributed by atoms with Gasteiger partial charge in [-0.25, -0.2) is 0 Å². The van der Waals surface area contributed by atoms with Crippen LogP contribution in [0, 0.1) is 0 Å². The van der Waals surface area contributed by atoms with Crippen molar-refractivity contribution in [3.8, 4) is 0 Å². The first-order valence-corrected chi connectivity index (χ1v) is 6.15. The Balaban J connectivity index is 2.32. The predicted octanol–water partition coefficient (Wildman–Crippen LogP) is 3.40. The van der Waals surface area contributed by atoms with Crippen molar-refractivity contribution in [3.63, 3.8) is 0 Å². The van der Waals surface area contributed by atoms with Crippen molar-refractivity contribution in [2.45, 2.75) is 0 Å². The first-order valence-electron chi connectivity index (χ1n) is 6.15. The van der Waals surface area contributed by atoms with E-state index in [1.165, 1.54) is 21.5 Å². The zero-order valence-corrected chi connectivity index (χ0v) is 10.1. The largest absolute Gasteiger partial charge is 0.395 e. The maximum Gasteiger partial charge on any atom is 0.0604 e. The van der Waals surface area contributed by atoms with E-state index in [-0.39, 0.29) is 6.61 Å². The molecule has 0 saturated heterocycles. The number of aliphatic hydroxyl groups excluding tert-OH is 1. The van der Waals surface area contributed by atoms with Crippen molar-refractivity contribution < 1.29 is 5.11 Å². The molecule has 0 aliphatic rings. The molecule has 0 aliphatic heterocycles. The van der Waals surface area contributed by atoms with Gasteiger partial charge in [-0.1, -0.05) is 48.5 Å². The van der Waals surface area contributed by atoms with Gasteiger partial charge in [-0.3, -0.25) is 0 Å². The fraction of sp³-hybridized carbons (Fsp3) is 0.125. The third-order valence-corrected chi connectivity index (χ3v) is 3.20. The fourth-order valence-corrected chi connectivity index (χ4v) is 2.39. The molecular formula is C16H15NO. The molecule has 0 bridgehead atoms. The molecule has 0 atom stereocenters. The van der Waals surface area contributed by atoms with Gasteiger partial charge in [0.05, 0.1) is 6.61 Å². The lowest BCUT2D eigenvalue weighted by Gasteiger charge is -2.11. The summed E-state index contributed by atoms with van der Waals surface area (Å²) in [5, 5.41) is 17.2. The van der Waals surface area contributed by atoms with Crippen LogP contribution in [-0.4, -0.2) is 18.3 Å². The first kappa shape index (κ1) is 11.1. The number of nitrogens with one attached hydrogen (secondary N) is 1. The summed E-state index contributed by atoms with van der Waals surface area (Å²) in [4.78, 5) is 0. The van der Waals surface area contributed by atoms with Gasteiger partial charge in [-0.15, -0.1) is 0 Å². The van der Waals surface area contributed by atoms with E-state index in [4.69, 9.17) is 5.11 Å². The number of aliphatic hydroxyl groups is 1. The molecule has 0 heterocycles. The molecule has 0 radical (unpaired) electrons. The van der Waals surface area contributed by atoms with Crippen LogP contribution in [0.2, 0.25) is 0 Å². The lowest BCUT2D eigenvalue weighted by molar-refractivity contribution is 0.311. The van der Waals surface area contributed by atoms with Gasteiger partial charge in [-0.05, 0) is 22.2 Å². The fourth-order valence-electron chi connectivity index (χ4n) is 2.39. The SMILES string of the molecule is OCCNc1cc2ccccc2c2ccccc12. The molecule has 2 N–H and O–H groups in total. The predicted molar refractivity (Wildman–Crippen MR) is 77.0 cm³/mol. The second-order valence-electron chi connectivity index (χ2n) is 4.34. The molecule has 0 saturated carbocycles. The van der Waals surface area contributed by atoms with E-state index in [1.54, 1.807) is 0 Å². The Morgan fingerprint density at radius 2 is 1.50 bits per heavy atom. The highest BCUT2D eigenvalue weighted by Crippen LogP contribution is 2.31. The zero-order chi connectivity index (χ0) is 12.4. The Morgan fingerprint density at radius 3 is 2.28 bits per heavy atom. The van der Waals surface area contributed by atoms with E-state index in [2.05, 4.69) is 47.8 Å². The summed E-state index contributed by atoms with van der Waals surface area (Å²) in [6, 6.07) is 18.9. The van der Waals surface area contributed by atoms with Gasteiger partial charge in [0.1, 0.15) is 0 Å². The van der Waals surface area contributed by atoms with Crippen molar-refractivity contribution in [1.29, 1.82) is 0 Å². The Labute approximate surface area is 106 Å². The highest BCUT2D eigenvalue weighted by Gasteiger charge is 2.04. The van der Waals surface area contributed by atoms with Crippen molar-refractivity contribution in [3.05, 3.63) is 54.6 Å². The van der Waals surface area contributed by atoms with Gasteiger partial charge < -0.3 is 10.4 Å². The van der Waals surface area contributed by atoms with Gasteiger partial charge in [0.25, 0.3) is 0 Å². The molecule has 3 rings (SSSR count). The second kappa shape index (κ2) is 4.67. The summed E-state index contributed by atoms with van der Waals surface area (Å²) < 4.78 is 0. The van der Waals surface area contributed by atoms with Crippen LogP contribution >= 0.6 is 0 Å². The number of hydrogen-bond acceptors (Lipinski definition) is 2. The maximum atomic E-state index is 8.95. The van der Waals surface area contributed by atoms with Crippen LogP contribution in [0.3, 0.4) is 0 Å². The van der Waals surface area contributed by atoms with Gasteiger partial charge >= 0.3 is 0 Å². The molecule has 2 heteroatoms. The van der Waals surface area contributed by atoms with Crippen LogP contribution in [0.1, 0.15) is 0 Å². The zero-order valence-electron chi connectivity index (χ0n) is 10.1. The summed E-state index contributed by atoms with van der Waals surface area (Å²) in [5.74, 6) is 0. The molecule has 0 aliphatic carbocycles. The number of benzene rings is 3. The second-order valence-corrected chi connectivity index (χ2v) is 4.34. The smallest absolute Gasteiger partial charge is 0.0604 e. The third-order valence-electron chi connectivity index (χ3n) is 3.20. The minimum absolute atomic E-state index is 0.140.